The van der Waals surface area contributed by atoms with Crippen LogP contribution in [0.2, 0.25) is 0 Å². The molecule has 1 saturated heterocycles. The summed E-state index contributed by atoms with van der Waals surface area (Å²) in [7, 11) is 0. The Bertz CT molecular complexity index is 951. The van der Waals surface area contributed by atoms with E-state index in [9.17, 15) is 9.18 Å². The number of hydrogen-bond donors (Lipinski definition) is 1. The monoisotopic (exact) mass is 381 g/mol. The van der Waals surface area contributed by atoms with Gasteiger partial charge in [-0.15, -0.1) is 0 Å². The summed E-state index contributed by atoms with van der Waals surface area (Å²) >= 11 is 0. The predicted molar refractivity (Wildman–Crippen MR) is 103 cm³/mol. The third-order valence-electron chi connectivity index (χ3n) is 4.57. The Morgan fingerprint density at radius 3 is 2.46 bits per heavy atom. The molecule has 1 aliphatic rings. The van der Waals surface area contributed by atoms with E-state index in [0.29, 0.717) is 37.7 Å². The molecule has 4 rings (SSSR count). The topological polar surface area (TPSA) is 79.2 Å². The van der Waals surface area contributed by atoms with Gasteiger partial charge in [0.15, 0.2) is 0 Å². The molecule has 0 spiro atoms. The Labute approximate surface area is 161 Å². The lowest BCUT2D eigenvalue weighted by molar-refractivity contribution is 0.208. The summed E-state index contributed by atoms with van der Waals surface area (Å²) in [6, 6.07) is 7.47. The number of piperazine rings is 1. The fraction of sp³-hybridized carbons (Fsp3) is 0.263. The van der Waals surface area contributed by atoms with Crippen LogP contribution in [0.4, 0.5) is 20.7 Å². The number of hydrogen-bond acceptors (Lipinski definition) is 5. The summed E-state index contributed by atoms with van der Waals surface area (Å²) in [4.78, 5) is 29.3. The van der Waals surface area contributed by atoms with Crippen LogP contribution in [-0.2, 0) is 0 Å². The van der Waals surface area contributed by atoms with Crippen molar-refractivity contribution in [1.29, 1.82) is 0 Å². The molecule has 28 heavy (non-hydrogen) atoms. The van der Waals surface area contributed by atoms with E-state index in [4.69, 9.17) is 0 Å². The van der Waals surface area contributed by atoms with Gasteiger partial charge in [0.05, 0.1) is 0 Å². The number of aryl methyl sites for hydroxylation is 1. The fourth-order valence-electron chi connectivity index (χ4n) is 3.10. The van der Waals surface area contributed by atoms with Crippen LogP contribution in [0.5, 0.6) is 0 Å². The molecule has 8 nitrogen and oxygen atoms in total. The van der Waals surface area contributed by atoms with Gasteiger partial charge < -0.3 is 15.1 Å². The van der Waals surface area contributed by atoms with Crippen molar-refractivity contribution in [2.75, 3.05) is 36.4 Å². The summed E-state index contributed by atoms with van der Waals surface area (Å²) in [5.41, 5.74) is 0.574. The van der Waals surface area contributed by atoms with Crippen LogP contribution >= 0.6 is 0 Å². The standard InChI is InChI=1S/C19H20FN7O/c1-14-22-17(12-18(23-14)27-7-6-21-13-27)25-8-10-26(11-9-25)19(28)24-16-4-2-15(20)3-5-16/h2-7,12-13H,8-11H2,1H3,(H,24,28). The van der Waals surface area contributed by atoms with Crippen molar-refractivity contribution in [2.45, 2.75) is 6.92 Å². The first kappa shape index (κ1) is 17.9. The molecule has 0 bridgehead atoms. The number of halogens is 1. The molecule has 1 aromatic carbocycles. The Kier molecular flexibility index (Phi) is 4.88. The highest BCUT2D eigenvalue weighted by Crippen LogP contribution is 2.18. The first-order valence-electron chi connectivity index (χ1n) is 8.99. The summed E-state index contributed by atoms with van der Waals surface area (Å²) in [6.45, 7) is 4.32. The number of urea groups is 1. The van der Waals surface area contributed by atoms with Gasteiger partial charge in [-0.2, -0.15) is 0 Å². The van der Waals surface area contributed by atoms with Crippen LogP contribution < -0.4 is 10.2 Å². The fourth-order valence-corrected chi connectivity index (χ4v) is 3.10. The van der Waals surface area contributed by atoms with E-state index >= 15 is 0 Å². The van der Waals surface area contributed by atoms with Gasteiger partial charge in [0, 0.05) is 50.3 Å². The molecule has 1 fully saturated rings. The van der Waals surface area contributed by atoms with Crippen molar-refractivity contribution in [3.8, 4) is 5.82 Å². The Balaban J connectivity index is 1.40. The highest BCUT2D eigenvalue weighted by atomic mass is 19.1. The normalized spacial score (nSPS) is 14.2. The lowest BCUT2D eigenvalue weighted by Crippen LogP contribution is -2.50. The number of benzene rings is 1. The van der Waals surface area contributed by atoms with Gasteiger partial charge in [-0.1, -0.05) is 0 Å². The number of aromatic nitrogens is 4. The second kappa shape index (κ2) is 7.63. The van der Waals surface area contributed by atoms with Crippen LogP contribution in [-0.4, -0.2) is 56.6 Å². The van der Waals surface area contributed by atoms with Crippen LogP contribution in [0, 0.1) is 12.7 Å². The van der Waals surface area contributed by atoms with E-state index in [1.165, 1.54) is 12.1 Å². The lowest BCUT2D eigenvalue weighted by Gasteiger charge is -2.35. The van der Waals surface area contributed by atoms with Crippen molar-refractivity contribution in [1.82, 2.24) is 24.4 Å². The van der Waals surface area contributed by atoms with Gasteiger partial charge in [-0.05, 0) is 31.2 Å². The quantitative estimate of drug-likeness (QED) is 0.754. The van der Waals surface area contributed by atoms with Gasteiger partial charge in [0.2, 0.25) is 0 Å². The zero-order valence-electron chi connectivity index (χ0n) is 15.4. The smallest absolute Gasteiger partial charge is 0.321 e. The van der Waals surface area contributed by atoms with Gasteiger partial charge in [0.25, 0.3) is 0 Å². The van der Waals surface area contributed by atoms with Crippen molar-refractivity contribution < 1.29 is 9.18 Å². The maximum absolute atomic E-state index is 13.0. The van der Waals surface area contributed by atoms with Crippen LogP contribution in [0.15, 0.2) is 49.1 Å². The highest BCUT2D eigenvalue weighted by Gasteiger charge is 2.22. The maximum Gasteiger partial charge on any atom is 0.321 e. The van der Waals surface area contributed by atoms with E-state index in [-0.39, 0.29) is 11.8 Å². The van der Waals surface area contributed by atoms with Crippen LogP contribution in [0.25, 0.3) is 5.82 Å². The van der Waals surface area contributed by atoms with E-state index in [0.717, 1.165) is 11.6 Å². The van der Waals surface area contributed by atoms with Crippen molar-refractivity contribution in [3.05, 3.63) is 60.7 Å². The van der Waals surface area contributed by atoms with Crippen molar-refractivity contribution >= 4 is 17.5 Å². The summed E-state index contributed by atoms with van der Waals surface area (Å²) in [5, 5.41) is 2.80. The zero-order valence-corrected chi connectivity index (χ0v) is 15.4. The Morgan fingerprint density at radius 1 is 1.07 bits per heavy atom. The van der Waals surface area contributed by atoms with Gasteiger partial charge in [0.1, 0.15) is 29.6 Å². The number of imidazole rings is 1. The molecule has 2 amide bonds. The predicted octanol–water partition coefficient (Wildman–Crippen LogP) is 2.46. The SMILES string of the molecule is Cc1nc(N2CCN(C(=O)Nc3ccc(F)cc3)CC2)cc(-n2ccnc2)n1. The molecule has 1 aliphatic heterocycles. The molecule has 0 aliphatic carbocycles. The molecule has 0 atom stereocenters. The van der Waals surface area contributed by atoms with Crippen LogP contribution in [0.3, 0.4) is 0 Å². The largest absolute Gasteiger partial charge is 0.353 e. The molecule has 1 N–H and O–H groups in total. The molecule has 144 valence electrons. The Hall–Kier alpha value is -3.49. The molecule has 2 aromatic heterocycles. The third-order valence-corrected chi connectivity index (χ3v) is 4.57. The van der Waals surface area contributed by atoms with E-state index in [1.54, 1.807) is 29.6 Å². The molecule has 3 aromatic rings. The zero-order chi connectivity index (χ0) is 19.5. The number of nitrogens with one attached hydrogen (secondary N) is 1. The van der Waals surface area contributed by atoms with Gasteiger partial charge in [-0.25, -0.2) is 24.1 Å². The van der Waals surface area contributed by atoms with Crippen molar-refractivity contribution in [3.63, 3.8) is 0 Å². The molecular weight excluding hydrogens is 361 g/mol. The van der Waals surface area contributed by atoms with Gasteiger partial charge in [-0.3, -0.25) is 4.57 Å². The highest BCUT2D eigenvalue weighted by molar-refractivity contribution is 5.89. The third kappa shape index (κ3) is 3.93. The number of anilines is 2. The average Bonchev–Trinajstić information content (AvgIpc) is 3.24. The number of carbonyl (C=O) groups is 1. The lowest BCUT2D eigenvalue weighted by atomic mass is 10.3. The second-order valence-electron chi connectivity index (χ2n) is 6.51. The van der Waals surface area contributed by atoms with Gasteiger partial charge >= 0.3 is 6.03 Å². The Morgan fingerprint density at radius 2 is 1.79 bits per heavy atom. The molecule has 0 unspecified atom stereocenters. The second-order valence-corrected chi connectivity index (χ2v) is 6.51. The van der Waals surface area contributed by atoms with E-state index in [2.05, 4.69) is 25.2 Å². The molecule has 9 heteroatoms. The summed E-state index contributed by atoms with van der Waals surface area (Å²) < 4.78 is 14.8. The molecule has 0 radical (unpaired) electrons. The minimum Gasteiger partial charge on any atom is -0.353 e. The van der Waals surface area contributed by atoms with E-state index in [1.807, 2.05) is 23.8 Å². The number of rotatable bonds is 3. The summed E-state index contributed by atoms with van der Waals surface area (Å²) in [5.74, 6) is 1.94. The first-order valence-corrected chi connectivity index (χ1v) is 8.99. The summed E-state index contributed by atoms with van der Waals surface area (Å²) in [6.07, 6.45) is 5.24. The molecule has 3 heterocycles. The van der Waals surface area contributed by atoms with Crippen LogP contribution in [0.1, 0.15) is 5.82 Å². The number of nitrogens with zero attached hydrogens (tertiary/aromatic N) is 6. The molecule has 0 saturated carbocycles. The minimum absolute atomic E-state index is 0.191. The average molecular weight is 381 g/mol. The molecular formula is C19H20FN7O. The minimum atomic E-state index is -0.332. The van der Waals surface area contributed by atoms with Crippen molar-refractivity contribution in [2.24, 2.45) is 0 Å². The first-order chi connectivity index (χ1) is 13.6. The van der Waals surface area contributed by atoms with E-state index < -0.39 is 0 Å². The maximum atomic E-state index is 13.0. The number of amides is 2. The number of carbonyl (C=O) groups excluding carboxylic acids is 1.